The van der Waals surface area contributed by atoms with Gasteiger partial charge in [0, 0.05) is 24.0 Å². The maximum Gasteiger partial charge on any atom is 0.243 e. The molecule has 1 aromatic carbocycles. The molecule has 2 atom stereocenters. The third-order valence-corrected chi connectivity index (χ3v) is 6.29. The summed E-state index contributed by atoms with van der Waals surface area (Å²) in [5.41, 5.74) is -0.997. The van der Waals surface area contributed by atoms with Crippen molar-refractivity contribution in [1.29, 1.82) is 0 Å². The van der Waals surface area contributed by atoms with Crippen molar-refractivity contribution in [2.75, 3.05) is 13.1 Å². The van der Waals surface area contributed by atoms with Crippen molar-refractivity contribution < 1.29 is 13.5 Å². The van der Waals surface area contributed by atoms with Crippen molar-refractivity contribution in [3.63, 3.8) is 0 Å². The largest absolute Gasteiger partial charge is 0.390 e. The van der Waals surface area contributed by atoms with E-state index in [0.717, 1.165) is 0 Å². The second-order valence-electron chi connectivity index (χ2n) is 5.99. The second-order valence-corrected chi connectivity index (χ2v) is 8.36. The highest BCUT2D eigenvalue weighted by Gasteiger charge is 2.30. The number of nitrogens with zero attached hydrogens (tertiary/aromatic N) is 1. The third kappa shape index (κ3) is 5.31. The van der Waals surface area contributed by atoms with Gasteiger partial charge >= 0.3 is 0 Å². The molecule has 0 fully saturated rings. The Hall–Kier alpha value is -0.880. The molecule has 130 valence electrons. The minimum absolute atomic E-state index is 0.121. The Bertz CT molecular complexity index is 611. The highest BCUT2D eigenvalue weighted by atomic mass is 35.5. The van der Waals surface area contributed by atoms with Gasteiger partial charge in [0.15, 0.2) is 0 Å². The van der Waals surface area contributed by atoms with Crippen molar-refractivity contribution in [2.45, 2.75) is 44.1 Å². The summed E-state index contributed by atoms with van der Waals surface area (Å²) in [6.45, 7) is 9.85. The molecule has 1 N–H and O–H groups in total. The molecule has 6 heteroatoms. The molecule has 1 aromatic rings. The van der Waals surface area contributed by atoms with E-state index in [-0.39, 0.29) is 17.4 Å². The topological polar surface area (TPSA) is 57.6 Å². The lowest BCUT2D eigenvalue weighted by Gasteiger charge is -2.31. The van der Waals surface area contributed by atoms with Gasteiger partial charge in [-0.3, -0.25) is 0 Å². The summed E-state index contributed by atoms with van der Waals surface area (Å²) in [6.07, 6.45) is 2.72. The number of hydrogen-bond donors (Lipinski definition) is 1. The molecule has 0 heterocycles. The van der Waals surface area contributed by atoms with Gasteiger partial charge in [-0.05, 0) is 44.0 Å². The van der Waals surface area contributed by atoms with Gasteiger partial charge in [0.25, 0.3) is 0 Å². The zero-order valence-corrected chi connectivity index (χ0v) is 15.6. The van der Waals surface area contributed by atoms with Crippen LogP contribution in [0.3, 0.4) is 0 Å². The summed E-state index contributed by atoms with van der Waals surface area (Å²) in [5, 5.41) is 11.0. The molecule has 0 saturated heterocycles. The van der Waals surface area contributed by atoms with Crippen molar-refractivity contribution in [3.05, 3.63) is 41.9 Å². The molecule has 0 aliphatic carbocycles. The minimum Gasteiger partial charge on any atom is -0.390 e. The first-order valence-corrected chi connectivity index (χ1v) is 9.57. The molecule has 0 radical (unpaired) electrons. The first-order chi connectivity index (χ1) is 10.6. The predicted molar refractivity (Wildman–Crippen MR) is 95.1 cm³/mol. The van der Waals surface area contributed by atoms with Gasteiger partial charge in [-0.25, -0.2) is 8.42 Å². The molecule has 4 nitrogen and oxygen atoms in total. The van der Waals surface area contributed by atoms with Crippen LogP contribution < -0.4 is 0 Å². The lowest BCUT2D eigenvalue weighted by molar-refractivity contribution is 0.0124. The van der Waals surface area contributed by atoms with E-state index in [1.165, 1.54) is 16.4 Å². The Kier molecular flexibility index (Phi) is 7.27. The SMILES string of the molecule is C=CC(C)C(C)(O)CCN(CCC)S(=O)(=O)c1ccc(Cl)cc1. The first kappa shape index (κ1) is 20.2. The van der Waals surface area contributed by atoms with E-state index in [1.54, 1.807) is 25.1 Å². The van der Waals surface area contributed by atoms with Gasteiger partial charge in [0.1, 0.15) is 0 Å². The van der Waals surface area contributed by atoms with E-state index in [2.05, 4.69) is 6.58 Å². The molecule has 23 heavy (non-hydrogen) atoms. The number of sulfonamides is 1. The predicted octanol–water partition coefficient (Wildman–Crippen LogP) is 3.70. The average Bonchev–Trinajstić information content (AvgIpc) is 2.50. The van der Waals surface area contributed by atoms with Gasteiger partial charge in [0.05, 0.1) is 10.5 Å². The average molecular weight is 360 g/mol. The van der Waals surface area contributed by atoms with Crippen molar-refractivity contribution in [3.8, 4) is 0 Å². The van der Waals surface area contributed by atoms with Crippen molar-refractivity contribution >= 4 is 21.6 Å². The monoisotopic (exact) mass is 359 g/mol. The zero-order valence-electron chi connectivity index (χ0n) is 14.0. The van der Waals surface area contributed by atoms with Crippen LogP contribution in [0, 0.1) is 5.92 Å². The summed E-state index contributed by atoms with van der Waals surface area (Å²) in [4.78, 5) is 0.215. The summed E-state index contributed by atoms with van der Waals surface area (Å²) in [5.74, 6) is -0.121. The zero-order chi connectivity index (χ0) is 17.7. The van der Waals surface area contributed by atoms with Gasteiger partial charge in [-0.2, -0.15) is 4.31 Å². The molecule has 0 amide bonds. The van der Waals surface area contributed by atoms with Crippen LogP contribution >= 0.6 is 11.6 Å². The molecule has 0 bridgehead atoms. The summed E-state index contributed by atoms with van der Waals surface area (Å²) >= 11 is 5.82. The fraction of sp³-hybridized carbons (Fsp3) is 0.529. The van der Waals surface area contributed by atoms with Crippen LogP contribution in [0.1, 0.15) is 33.6 Å². The molecule has 0 aromatic heterocycles. The summed E-state index contributed by atoms with van der Waals surface area (Å²) in [6, 6.07) is 6.14. The Labute approximate surface area is 144 Å². The molecule has 1 rings (SSSR count). The normalized spacial score (nSPS) is 16.1. The Morgan fingerprint density at radius 1 is 1.35 bits per heavy atom. The van der Waals surface area contributed by atoms with E-state index in [0.29, 0.717) is 24.4 Å². The van der Waals surface area contributed by atoms with E-state index >= 15 is 0 Å². The number of hydrogen-bond acceptors (Lipinski definition) is 3. The minimum atomic E-state index is -3.60. The van der Waals surface area contributed by atoms with E-state index in [9.17, 15) is 13.5 Å². The highest BCUT2D eigenvalue weighted by Crippen LogP contribution is 2.25. The van der Waals surface area contributed by atoms with Crippen molar-refractivity contribution in [2.24, 2.45) is 5.92 Å². The Morgan fingerprint density at radius 3 is 2.39 bits per heavy atom. The molecule has 0 aliphatic rings. The van der Waals surface area contributed by atoms with Crippen LogP contribution in [-0.2, 0) is 10.0 Å². The van der Waals surface area contributed by atoms with Crippen LogP contribution in [-0.4, -0.2) is 36.5 Å². The highest BCUT2D eigenvalue weighted by molar-refractivity contribution is 7.89. The van der Waals surface area contributed by atoms with E-state index in [4.69, 9.17) is 11.6 Å². The van der Waals surface area contributed by atoms with Gasteiger partial charge in [0.2, 0.25) is 10.0 Å². The molecule has 2 unspecified atom stereocenters. The van der Waals surface area contributed by atoms with Crippen LogP contribution in [0.5, 0.6) is 0 Å². The van der Waals surface area contributed by atoms with E-state index < -0.39 is 15.6 Å². The number of rotatable bonds is 9. The lowest BCUT2D eigenvalue weighted by atomic mass is 9.88. The fourth-order valence-electron chi connectivity index (χ4n) is 2.19. The number of benzene rings is 1. The molecular weight excluding hydrogens is 334 g/mol. The Morgan fingerprint density at radius 2 is 1.91 bits per heavy atom. The van der Waals surface area contributed by atoms with Crippen LogP contribution in [0.2, 0.25) is 5.02 Å². The maximum atomic E-state index is 12.8. The first-order valence-electron chi connectivity index (χ1n) is 7.75. The quantitative estimate of drug-likeness (QED) is 0.684. The summed E-state index contributed by atoms with van der Waals surface area (Å²) in [7, 11) is -3.60. The molecule has 0 aliphatic heterocycles. The number of aliphatic hydroxyl groups is 1. The van der Waals surface area contributed by atoms with Crippen molar-refractivity contribution in [1.82, 2.24) is 4.31 Å². The van der Waals surface area contributed by atoms with Gasteiger partial charge in [-0.1, -0.05) is 31.5 Å². The van der Waals surface area contributed by atoms with Gasteiger partial charge < -0.3 is 5.11 Å². The third-order valence-electron chi connectivity index (χ3n) is 4.13. The lowest BCUT2D eigenvalue weighted by Crippen LogP contribution is -2.39. The van der Waals surface area contributed by atoms with Crippen LogP contribution in [0.15, 0.2) is 41.8 Å². The molecule has 0 saturated carbocycles. The van der Waals surface area contributed by atoms with E-state index in [1.807, 2.05) is 13.8 Å². The molecule has 0 spiro atoms. The van der Waals surface area contributed by atoms with Crippen LogP contribution in [0.25, 0.3) is 0 Å². The second kappa shape index (κ2) is 8.29. The number of halogens is 1. The summed E-state index contributed by atoms with van der Waals surface area (Å²) < 4.78 is 27.0. The maximum absolute atomic E-state index is 12.8. The Balaban J connectivity index is 2.97. The smallest absolute Gasteiger partial charge is 0.243 e. The van der Waals surface area contributed by atoms with Crippen LogP contribution in [0.4, 0.5) is 0 Å². The molecular formula is C17H26ClNO3S. The fourth-order valence-corrected chi connectivity index (χ4v) is 3.85. The van der Waals surface area contributed by atoms with Gasteiger partial charge in [-0.15, -0.1) is 6.58 Å². The standard InChI is InChI=1S/C17H26ClNO3S/c1-5-12-19(13-11-17(4,20)14(3)6-2)23(21,22)16-9-7-15(18)8-10-16/h6-10,14,20H,2,5,11-13H2,1,3-4H3.